The predicted molar refractivity (Wildman–Crippen MR) is 101 cm³/mol. The maximum atomic E-state index is 13.6. The highest BCUT2D eigenvalue weighted by molar-refractivity contribution is 5.97. The van der Waals surface area contributed by atoms with Gasteiger partial charge >= 0.3 is 18.1 Å². The number of alkyl halides is 3. The Morgan fingerprint density at radius 2 is 1.87 bits per heavy atom. The number of carbonyl (C=O) groups excluding carboxylic acids is 3. The molecule has 1 atom stereocenters. The fourth-order valence-corrected chi connectivity index (χ4v) is 3.41. The van der Waals surface area contributed by atoms with Crippen molar-refractivity contribution in [1.29, 1.82) is 0 Å². The van der Waals surface area contributed by atoms with Gasteiger partial charge in [0.25, 0.3) is 0 Å². The lowest BCUT2D eigenvalue weighted by Gasteiger charge is -2.35. The van der Waals surface area contributed by atoms with E-state index in [2.05, 4.69) is 0 Å². The fraction of sp³-hybridized carbons (Fsp3) is 0.476. The first-order valence-corrected chi connectivity index (χ1v) is 9.51. The van der Waals surface area contributed by atoms with Crippen molar-refractivity contribution in [2.45, 2.75) is 52.3 Å². The van der Waals surface area contributed by atoms with Gasteiger partial charge in [-0.25, -0.2) is 4.79 Å². The van der Waals surface area contributed by atoms with Crippen molar-refractivity contribution in [3.8, 4) is 0 Å². The maximum absolute atomic E-state index is 13.6. The van der Waals surface area contributed by atoms with Crippen molar-refractivity contribution in [3.05, 3.63) is 46.7 Å². The number of carbonyl (C=O) groups is 3. The smallest absolute Gasteiger partial charge is 0.416 e. The standard InChI is InChI=1S/C21H24F3NO5/c1-5-29-18(27)11-25-13(4)19(20(28)30-12(2)3)15(10-17(25)26)14-8-6-7-9-16(14)21(22,23)24/h6-9,12,15H,5,10-11H2,1-4H3. The van der Waals surface area contributed by atoms with Gasteiger partial charge in [-0.3, -0.25) is 9.59 Å². The first kappa shape index (κ1) is 23.4. The van der Waals surface area contributed by atoms with Crippen LogP contribution in [-0.4, -0.2) is 42.0 Å². The van der Waals surface area contributed by atoms with Crippen molar-refractivity contribution in [1.82, 2.24) is 4.90 Å². The Labute approximate surface area is 172 Å². The largest absolute Gasteiger partial charge is 0.465 e. The third-order valence-electron chi connectivity index (χ3n) is 4.62. The molecule has 0 fully saturated rings. The van der Waals surface area contributed by atoms with Crippen LogP contribution in [-0.2, 0) is 30.0 Å². The summed E-state index contributed by atoms with van der Waals surface area (Å²) in [7, 11) is 0. The zero-order chi connectivity index (χ0) is 22.6. The Bertz CT molecular complexity index is 860. The van der Waals surface area contributed by atoms with Crippen LogP contribution in [0.2, 0.25) is 0 Å². The van der Waals surface area contributed by atoms with Crippen LogP contribution in [0.3, 0.4) is 0 Å². The van der Waals surface area contributed by atoms with E-state index >= 15 is 0 Å². The van der Waals surface area contributed by atoms with Gasteiger partial charge in [0.2, 0.25) is 5.91 Å². The number of benzene rings is 1. The number of nitrogens with zero attached hydrogens (tertiary/aromatic N) is 1. The van der Waals surface area contributed by atoms with Crippen LogP contribution in [0, 0.1) is 0 Å². The molecule has 0 bridgehead atoms. The Morgan fingerprint density at radius 1 is 1.23 bits per heavy atom. The maximum Gasteiger partial charge on any atom is 0.416 e. The summed E-state index contributed by atoms with van der Waals surface area (Å²) in [5.74, 6) is -3.24. The highest BCUT2D eigenvalue weighted by Gasteiger charge is 2.42. The summed E-state index contributed by atoms with van der Waals surface area (Å²) in [6.07, 6.45) is -5.60. The first-order valence-electron chi connectivity index (χ1n) is 9.51. The summed E-state index contributed by atoms with van der Waals surface area (Å²) < 4.78 is 50.8. The van der Waals surface area contributed by atoms with Crippen LogP contribution in [0.4, 0.5) is 13.2 Å². The second kappa shape index (κ2) is 9.32. The van der Waals surface area contributed by atoms with E-state index in [1.807, 2.05) is 0 Å². The number of hydrogen-bond acceptors (Lipinski definition) is 5. The number of allylic oxidation sites excluding steroid dienone is 1. The lowest BCUT2D eigenvalue weighted by Crippen LogP contribution is -2.42. The molecule has 0 saturated carbocycles. The van der Waals surface area contributed by atoms with Gasteiger partial charge in [-0.05, 0) is 39.3 Å². The highest BCUT2D eigenvalue weighted by atomic mass is 19.4. The van der Waals surface area contributed by atoms with E-state index in [9.17, 15) is 27.6 Å². The summed E-state index contributed by atoms with van der Waals surface area (Å²) in [5, 5.41) is 0. The van der Waals surface area contributed by atoms with E-state index in [0.29, 0.717) is 0 Å². The fourth-order valence-electron chi connectivity index (χ4n) is 3.41. The lowest BCUT2D eigenvalue weighted by atomic mass is 9.81. The van der Waals surface area contributed by atoms with Crippen molar-refractivity contribution >= 4 is 17.8 Å². The minimum absolute atomic E-state index is 0.0759. The number of hydrogen-bond donors (Lipinski definition) is 0. The molecule has 1 aromatic carbocycles. The molecule has 164 valence electrons. The van der Waals surface area contributed by atoms with Crippen molar-refractivity contribution < 1.29 is 37.0 Å². The van der Waals surface area contributed by atoms with Crippen LogP contribution in [0.15, 0.2) is 35.5 Å². The topological polar surface area (TPSA) is 72.9 Å². The highest BCUT2D eigenvalue weighted by Crippen LogP contribution is 2.42. The normalized spacial score (nSPS) is 17.4. The Hall–Kier alpha value is -2.84. The summed E-state index contributed by atoms with van der Waals surface area (Å²) in [4.78, 5) is 38.5. The van der Waals surface area contributed by atoms with Crippen LogP contribution >= 0.6 is 0 Å². The van der Waals surface area contributed by atoms with Crippen LogP contribution < -0.4 is 0 Å². The average molecular weight is 427 g/mol. The summed E-state index contributed by atoms with van der Waals surface area (Å²) in [6, 6.07) is 4.82. The molecule has 1 heterocycles. The van der Waals surface area contributed by atoms with Gasteiger partial charge in [0.15, 0.2) is 0 Å². The third kappa shape index (κ3) is 5.20. The van der Waals surface area contributed by atoms with E-state index in [-0.39, 0.29) is 23.4 Å². The monoisotopic (exact) mass is 427 g/mol. The van der Waals surface area contributed by atoms with Crippen LogP contribution in [0.5, 0.6) is 0 Å². The molecule has 1 aliphatic heterocycles. The molecule has 0 N–H and O–H groups in total. The van der Waals surface area contributed by atoms with E-state index < -0.39 is 54.6 Å². The molecule has 30 heavy (non-hydrogen) atoms. The molecule has 0 radical (unpaired) electrons. The zero-order valence-electron chi connectivity index (χ0n) is 17.2. The average Bonchev–Trinajstić information content (AvgIpc) is 2.63. The van der Waals surface area contributed by atoms with Gasteiger partial charge in [-0.2, -0.15) is 13.2 Å². The van der Waals surface area contributed by atoms with E-state index in [4.69, 9.17) is 9.47 Å². The molecule has 0 saturated heterocycles. The van der Waals surface area contributed by atoms with E-state index in [1.54, 1.807) is 20.8 Å². The minimum Gasteiger partial charge on any atom is -0.465 e. The van der Waals surface area contributed by atoms with Crippen molar-refractivity contribution in [2.24, 2.45) is 0 Å². The van der Waals surface area contributed by atoms with Gasteiger partial charge in [-0.1, -0.05) is 18.2 Å². The first-order chi connectivity index (χ1) is 14.0. The number of ether oxygens (including phenoxy) is 2. The molecule has 2 rings (SSSR count). The van der Waals surface area contributed by atoms with E-state index in [0.717, 1.165) is 11.0 Å². The lowest BCUT2D eigenvalue weighted by molar-refractivity contribution is -0.149. The number of esters is 2. The second-order valence-corrected chi connectivity index (χ2v) is 7.08. The zero-order valence-corrected chi connectivity index (χ0v) is 17.2. The molecule has 1 aromatic rings. The van der Waals surface area contributed by atoms with Gasteiger partial charge in [0.05, 0.1) is 23.8 Å². The quantitative estimate of drug-likeness (QED) is 0.646. The molecule has 1 unspecified atom stereocenters. The molecule has 6 nitrogen and oxygen atoms in total. The van der Waals surface area contributed by atoms with Gasteiger partial charge in [0, 0.05) is 18.0 Å². The Balaban J connectivity index is 2.61. The molecular formula is C21H24F3NO5. The second-order valence-electron chi connectivity index (χ2n) is 7.08. The summed E-state index contributed by atoms with van der Waals surface area (Å²) in [5.41, 5.74) is -1.12. The van der Waals surface area contributed by atoms with Crippen LogP contribution in [0.1, 0.15) is 51.2 Å². The van der Waals surface area contributed by atoms with Crippen LogP contribution in [0.25, 0.3) is 0 Å². The predicted octanol–water partition coefficient (Wildman–Crippen LogP) is 3.81. The summed E-state index contributed by atoms with van der Waals surface area (Å²) >= 11 is 0. The Morgan fingerprint density at radius 3 is 2.43 bits per heavy atom. The number of rotatable bonds is 6. The molecule has 1 aliphatic rings. The molecular weight excluding hydrogens is 403 g/mol. The number of halogens is 3. The SMILES string of the molecule is CCOC(=O)CN1C(=O)CC(c2ccccc2C(F)(F)F)C(C(=O)OC(C)C)=C1C. The van der Waals surface area contributed by atoms with Crippen molar-refractivity contribution in [3.63, 3.8) is 0 Å². The number of amides is 1. The van der Waals surface area contributed by atoms with Crippen molar-refractivity contribution in [2.75, 3.05) is 13.2 Å². The minimum atomic E-state index is -4.66. The third-order valence-corrected chi connectivity index (χ3v) is 4.62. The van der Waals surface area contributed by atoms with Gasteiger partial charge < -0.3 is 14.4 Å². The molecule has 0 aromatic heterocycles. The molecule has 0 spiro atoms. The molecule has 0 aliphatic carbocycles. The molecule has 1 amide bonds. The molecule has 9 heteroatoms. The van der Waals surface area contributed by atoms with Gasteiger partial charge in [0.1, 0.15) is 6.54 Å². The Kier molecular flexibility index (Phi) is 7.28. The van der Waals surface area contributed by atoms with Gasteiger partial charge in [-0.15, -0.1) is 0 Å². The summed E-state index contributed by atoms with van der Waals surface area (Å²) in [6.45, 7) is 5.90. The van der Waals surface area contributed by atoms with E-state index in [1.165, 1.54) is 25.1 Å².